The minimum absolute atomic E-state index is 0.0104. The summed E-state index contributed by atoms with van der Waals surface area (Å²) in [6.45, 7) is 0. The lowest BCUT2D eigenvalue weighted by molar-refractivity contribution is -0.143. The van der Waals surface area contributed by atoms with Crippen molar-refractivity contribution < 1.29 is 18.3 Å². The lowest BCUT2D eigenvalue weighted by atomic mass is 10.1. The molecule has 1 N–H and O–H groups in total. The predicted octanol–water partition coefficient (Wildman–Crippen LogP) is 1.93. The normalized spacial score (nSPS) is 16.6. The Morgan fingerprint density at radius 3 is 2.76 bits per heavy atom. The van der Waals surface area contributed by atoms with Crippen molar-refractivity contribution in [2.24, 2.45) is 0 Å². The minimum Gasteiger partial charge on any atom is -0.468 e. The second-order valence-corrected chi connectivity index (χ2v) is 4.04. The van der Waals surface area contributed by atoms with Crippen LogP contribution >= 0.6 is 0 Å². The largest absolute Gasteiger partial charge is 0.468 e. The molecule has 0 aliphatic heterocycles. The summed E-state index contributed by atoms with van der Waals surface area (Å²) in [5.74, 6) is -2.58. The fourth-order valence-electron chi connectivity index (χ4n) is 1.63. The SMILES string of the molecule is COC(=O)C(NC1CC1)c1cccc(F)c1F. The van der Waals surface area contributed by atoms with Crippen LogP contribution in [-0.4, -0.2) is 19.1 Å². The van der Waals surface area contributed by atoms with E-state index in [2.05, 4.69) is 10.1 Å². The van der Waals surface area contributed by atoms with Crippen LogP contribution in [0.2, 0.25) is 0 Å². The molecule has 0 aromatic heterocycles. The first-order valence-electron chi connectivity index (χ1n) is 5.41. The van der Waals surface area contributed by atoms with Gasteiger partial charge in [0.15, 0.2) is 11.6 Å². The molecule has 1 aliphatic carbocycles. The third-order valence-electron chi connectivity index (χ3n) is 2.71. The van der Waals surface area contributed by atoms with Crippen molar-refractivity contribution in [3.05, 3.63) is 35.4 Å². The molecule has 1 aromatic rings. The van der Waals surface area contributed by atoms with Gasteiger partial charge in [0.2, 0.25) is 0 Å². The Kier molecular flexibility index (Phi) is 3.38. The highest BCUT2D eigenvalue weighted by Crippen LogP contribution is 2.27. The smallest absolute Gasteiger partial charge is 0.327 e. The van der Waals surface area contributed by atoms with Gasteiger partial charge >= 0.3 is 5.97 Å². The molecule has 0 amide bonds. The van der Waals surface area contributed by atoms with Gasteiger partial charge in [-0.15, -0.1) is 0 Å². The van der Waals surface area contributed by atoms with Crippen molar-refractivity contribution >= 4 is 5.97 Å². The third-order valence-corrected chi connectivity index (χ3v) is 2.71. The van der Waals surface area contributed by atoms with Crippen LogP contribution in [0.4, 0.5) is 8.78 Å². The molecule has 1 saturated carbocycles. The molecule has 0 saturated heterocycles. The van der Waals surface area contributed by atoms with Crippen LogP contribution in [0.1, 0.15) is 24.4 Å². The van der Waals surface area contributed by atoms with E-state index >= 15 is 0 Å². The van der Waals surface area contributed by atoms with E-state index in [4.69, 9.17) is 0 Å². The number of carbonyl (C=O) groups is 1. The Morgan fingerprint density at radius 2 is 2.18 bits per heavy atom. The van der Waals surface area contributed by atoms with E-state index in [1.807, 2.05) is 0 Å². The summed E-state index contributed by atoms with van der Waals surface area (Å²) < 4.78 is 31.3. The van der Waals surface area contributed by atoms with E-state index in [1.165, 1.54) is 19.2 Å². The number of hydrogen-bond acceptors (Lipinski definition) is 3. The van der Waals surface area contributed by atoms with Gasteiger partial charge in [-0.3, -0.25) is 5.32 Å². The molecule has 1 aromatic carbocycles. The van der Waals surface area contributed by atoms with Crippen LogP contribution in [0.15, 0.2) is 18.2 Å². The fraction of sp³-hybridized carbons (Fsp3) is 0.417. The summed E-state index contributed by atoms with van der Waals surface area (Å²) in [5.41, 5.74) is -0.0104. The molecule has 1 unspecified atom stereocenters. The number of ether oxygens (including phenoxy) is 1. The number of nitrogens with one attached hydrogen (secondary N) is 1. The average molecular weight is 241 g/mol. The summed E-state index contributed by atoms with van der Waals surface area (Å²) in [4.78, 5) is 11.6. The minimum atomic E-state index is -1.00. The van der Waals surface area contributed by atoms with Crippen LogP contribution in [0.5, 0.6) is 0 Å². The number of rotatable bonds is 4. The second-order valence-electron chi connectivity index (χ2n) is 4.04. The first-order chi connectivity index (χ1) is 8.13. The van der Waals surface area contributed by atoms with Gasteiger partial charge < -0.3 is 4.74 Å². The van der Waals surface area contributed by atoms with Crippen LogP contribution in [0.25, 0.3) is 0 Å². The average Bonchev–Trinajstić information content (AvgIpc) is 3.13. The van der Waals surface area contributed by atoms with E-state index < -0.39 is 23.6 Å². The van der Waals surface area contributed by atoms with Crippen molar-refractivity contribution in [2.45, 2.75) is 24.9 Å². The maximum atomic E-state index is 13.6. The summed E-state index contributed by atoms with van der Waals surface area (Å²) in [6.07, 6.45) is 1.87. The van der Waals surface area contributed by atoms with Crippen LogP contribution in [-0.2, 0) is 9.53 Å². The zero-order valence-corrected chi connectivity index (χ0v) is 9.37. The molecule has 3 nitrogen and oxygen atoms in total. The van der Waals surface area contributed by atoms with Gasteiger partial charge in [-0.2, -0.15) is 0 Å². The highest BCUT2D eigenvalue weighted by atomic mass is 19.2. The molecule has 0 spiro atoms. The van der Waals surface area contributed by atoms with Crippen LogP contribution < -0.4 is 5.32 Å². The molecule has 2 rings (SSSR count). The van der Waals surface area contributed by atoms with Gasteiger partial charge in [-0.05, 0) is 18.9 Å². The summed E-state index contributed by atoms with van der Waals surface area (Å²) in [7, 11) is 1.22. The zero-order valence-electron chi connectivity index (χ0n) is 9.37. The topological polar surface area (TPSA) is 38.3 Å². The highest BCUT2D eigenvalue weighted by molar-refractivity contribution is 5.77. The summed E-state index contributed by atoms with van der Waals surface area (Å²) in [6, 6.07) is 3.02. The van der Waals surface area contributed by atoms with Gasteiger partial charge in [-0.25, -0.2) is 13.6 Å². The number of methoxy groups -OCH3 is 1. The van der Waals surface area contributed by atoms with Crippen LogP contribution in [0, 0.1) is 11.6 Å². The molecule has 5 heteroatoms. The maximum Gasteiger partial charge on any atom is 0.327 e. The Balaban J connectivity index is 2.29. The number of esters is 1. The van der Waals surface area contributed by atoms with Gasteiger partial charge in [0, 0.05) is 11.6 Å². The van der Waals surface area contributed by atoms with Crippen molar-refractivity contribution in [3.8, 4) is 0 Å². The first kappa shape index (κ1) is 12.0. The third kappa shape index (κ3) is 2.61. The molecular weight excluding hydrogens is 228 g/mol. The quantitative estimate of drug-likeness (QED) is 0.818. The van der Waals surface area contributed by atoms with Crippen molar-refractivity contribution in [1.82, 2.24) is 5.32 Å². The lowest BCUT2D eigenvalue weighted by Crippen LogP contribution is -2.32. The van der Waals surface area contributed by atoms with Gasteiger partial charge in [0.1, 0.15) is 6.04 Å². The van der Waals surface area contributed by atoms with Gasteiger partial charge in [-0.1, -0.05) is 12.1 Å². The monoisotopic (exact) mass is 241 g/mol. The van der Waals surface area contributed by atoms with E-state index in [0.717, 1.165) is 18.9 Å². The van der Waals surface area contributed by atoms with E-state index in [1.54, 1.807) is 0 Å². The second kappa shape index (κ2) is 4.79. The zero-order chi connectivity index (χ0) is 12.4. The molecule has 17 heavy (non-hydrogen) atoms. The Hall–Kier alpha value is -1.49. The number of hydrogen-bond donors (Lipinski definition) is 1. The Morgan fingerprint density at radius 1 is 1.47 bits per heavy atom. The van der Waals surface area contributed by atoms with Crippen molar-refractivity contribution in [2.75, 3.05) is 7.11 Å². The Labute approximate surface area is 97.8 Å². The van der Waals surface area contributed by atoms with E-state index in [0.29, 0.717) is 0 Å². The lowest BCUT2D eigenvalue weighted by Gasteiger charge is -2.17. The molecular formula is C12H13F2NO2. The molecule has 92 valence electrons. The van der Waals surface area contributed by atoms with Crippen molar-refractivity contribution in [3.63, 3.8) is 0 Å². The highest BCUT2D eigenvalue weighted by Gasteiger charge is 2.32. The molecule has 1 fully saturated rings. The molecule has 0 bridgehead atoms. The first-order valence-corrected chi connectivity index (χ1v) is 5.41. The number of halogens is 2. The molecule has 1 atom stereocenters. The molecule has 0 radical (unpaired) electrons. The van der Waals surface area contributed by atoms with Gasteiger partial charge in [0.05, 0.1) is 7.11 Å². The maximum absolute atomic E-state index is 13.6. The predicted molar refractivity (Wildman–Crippen MR) is 57.3 cm³/mol. The van der Waals surface area contributed by atoms with E-state index in [-0.39, 0.29) is 11.6 Å². The van der Waals surface area contributed by atoms with E-state index in [9.17, 15) is 13.6 Å². The molecule has 0 heterocycles. The molecule has 1 aliphatic rings. The van der Waals surface area contributed by atoms with Crippen LogP contribution in [0.3, 0.4) is 0 Å². The van der Waals surface area contributed by atoms with Gasteiger partial charge in [0.25, 0.3) is 0 Å². The summed E-state index contributed by atoms with van der Waals surface area (Å²) >= 11 is 0. The standard InChI is InChI=1S/C12H13F2NO2/c1-17-12(16)11(15-7-5-6-7)8-3-2-4-9(13)10(8)14/h2-4,7,11,15H,5-6H2,1H3. The Bertz CT molecular complexity index is 433. The fourth-order valence-corrected chi connectivity index (χ4v) is 1.63. The number of benzene rings is 1. The summed E-state index contributed by atoms with van der Waals surface area (Å²) in [5, 5.41) is 2.94. The number of carbonyl (C=O) groups excluding carboxylic acids is 1. The van der Waals surface area contributed by atoms with Crippen molar-refractivity contribution in [1.29, 1.82) is 0 Å².